The zero-order chi connectivity index (χ0) is 12.3. The van der Waals surface area contributed by atoms with E-state index in [2.05, 4.69) is 25.9 Å². The summed E-state index contributed by atoms with van der Waals surface area (Å²) < 4.78 is 0.973. The fourth-order valence-electron chi connectivity index (χ4n) is 1.38. The summed E-state index contributed by atoms with van der Waals surface area (Å²) in [5, 5.41) is 10.4. The number of aliphatic hydroxyl groups is 1. The smallest absolute Gasteiger partial charge is 0.192 e. The molecular formula is C12H11BrN2OS. The van der Waals surface area contributed by atoms with Crippen LogP contribution in [0.4, 0.5) is 0 Å². The van der Waals surface area contributed by atoms with Crippen molar-refractivity contribution in [3.63, 3.8) is 0 Å². The first-order valence-corrected chi connectivity index (χ1v) is 6.70. The number of aromatic nitrogens is 2. The first-order valence-electron chi connectivity index (χ1n) is 5.09. The topological polar surface area (TPSA) is 46.0 Å². The lowest BCUT2D eigenvalue weighted by Gasteiger charge is -2.11. The van der Waals surface area contributed by atoms with E-state index in [4.69, 9.17) is 0 Å². The van der Waals surface area contributed by atoms with E-state index < -0.39 is 6.10 Å². The van der Waals surface area contributed by atoms with Crippen LogP contribution in [0.25, 0.3) is 0 Å². The maximum Gasteiger partial charge on any atom is 0.192 e. The standard InChI is InChI=1S/C12H11BrN2OS/c1-8(16)10-4-3-9(13)7-11(10)17-12-14-5-2-6-15-12/h2-8,16H,1H3. The molecule has 0 aliphatic heterocycles. The Morgan fingerprint density at radius 1 is 1.29 bits per heavy atom. The molecule has 0 saturated heterocycles. The highest BCUT2D eigenvalue weighted by Crippen LogP contribution is 2.33. The third-order valence-electron chi connectivity index (χ3n) is 2.17. The Labute approximate surface area is 112 Å². The van der Waals surface area contributed by atoms with Gasteiger partial charge < -0.3 is 5.11 Å². The van der Waals surface area contributed by atoms with E-state index in [0.717, 1.165) is 14.9 Å². The normalized spacial score (nSPS) is 12.4. The number of nitrogens with zero attached hydrogens (tertiary/aromatic N) is 2. The minimum absolute atomic E-state index is 0.505. The second-order valence-corrected chi connectivity index (χ2v) is 5.42. The van der Waals surface area contributed by atoms with Gasteiger partial charge >= 0.3 is 0 Å². The van der Waals surface area contributed by atoms with Gasteiger partial charge in [0, 0.05) is 21.8 Å². The molecule has 0 aliphatic rings. The summed E-state index contributed by atoms with van der Waals surface area (Å²) in [5.74, 6) is 0. The van der Waals surface area contributed by atoms with Crippen LogP contribution in [0.2, 0.25) is 0 Å². The summed E-state index contributed by atoms with van der Waals surface area (Å²) in [6.07, 6.45) is 2.90. The molecule has 88 valence electrons. The first-order chi connectivity index (χ1) is 8.16. The molecule has 1 heterocycles. The highest BCUT2D eigenvalue weighted by Gasteiger charge is 2.10. The average molecular weight is 311 g/mol. The van der Waals surface area contributed by atoms with Crippen LogP contribution in [-0.4, -0.2) is 15.1 Å². The van der Waals surface area contributed by atoms with Crippen LogP contribution in [0.15, 0.2) is 51.2 Å². The lowest BCUT2D eigenvalue weighted by molar-refractivity contribution is 0.196. The zero-order valence-electron chi connectivity index (χ0n) is 9.17. The van der Waals surface area contributed by atoms with Gasteiger partial charge in [-0.05, 0) is 42.4 Å². The Hall–Kier alpha value is -0.910. The molecule has 0 aliphatic carbocycles. The Balaban J connectivity index is 2.34. The highest BCUT2D eigenvalue weighted by atomic mass is 79.9. The summed E-state index contributed by atoms with van der Waals surface area (Å²) >= 11 is 4.87. The molecule has 3 nitrogen and oxygen atoms in total. The molecule has 1 aromatic heterocycles. The van der Waals surface area contributed by atoms with Crippen LogP contribution in [0.5, 0.6) is 0 Å². The van der Waals surface area contributed by atoms with E-state index in [-0.39, 0.29) is 0 Å². The molecule has 1 atom stereocenters. The quantitative estimate of drug-likeness (QED) is 0.882. The highest BCUT2D eigenvalue weighted by molar-refractivity contribution is 9.10. The molecule has 1 aromatic carbocycles. The fraction of sp³-hybridized carbons (Fsp3) is 0.167. The Kier molecular flexibility index (Phi) is 4.15. The van der Waals surface area contributed by atoms with E-state index in [0.29, 0.717) is 5.16 Å². The van der Waals surface area contributed by atoms with Crippen molar-refractivity contribution < 1.29 is 5.11 Å². The maximum absolute atomic E-state index is 9.70. The molecule has 0 bridgehead atoms. The summed E-state index contributed by atoms with van der Waals surface area (Å²) in [7, 11) is 0. The molecular weight excluding hydrogens is 300 g/mol. The number of halogens is 1. The molecule has 0 spiro atoms. The lowest BCUT2D eigenvalue weighted by atomic mass is 10.1. The largest absolute Gasteiger partial charge is 0.389 e. The molecule has 2 rings (SSSR count). The van der Waals surface area contributed by atoms with Gasteiger partial charge in [0.25, 0.3) is 0 Å². The second-order valence-electron chi connectivity index (χ2n) is 3.49. The van der Waals surface area contributed by atoms with Crippen molar-refractivity contribution in [3.05, 3.63) is 46.7 Å². The number of benzene rings is 1. The first kappa shape index (κ1) is 12.5. The van der Waals surface area contributed by atoms with E-state index in [9.17, 15) is 5.11 Å². The van der Waals surface area contributed by atoms with Crippen LogP contribution in [0.3, 0.4) is 0 Å². The van der Waals surface area contributed by atoms with Gasteiger partial charge in [-0.15, -0.1) is 0 Å². The SMILES string of the molecule is CC(O)c1ccc(Br)cc1Sc1ncccn1. The van der Waals surface area contributed by atoms with Crippen molar-refractivity contribution in [2.45, 2.75) is 23.1 Å². The van der Waals surface area contributed by atoms with E-state index in [1.165, 1.54) is 11.8 Å². The summed E-state index contributed by atoms with van der Waals surface area (Å²) in [6, 6.07) is 7.56. The Morgan fingerprint density at radius 2 is 2.00 bits per heavy atom. The van der Waals surface area contributed by atoms with Crippen molar-refractivity contribution in [2.24, 2.45) is 0 Å². The maximum atomic E-state index is 9.70. The van der Waals surface area contributed by atoms with Gasteiger partial charge in [0.05, 0.1) is 6.10 Å². The van der Waals surface area contributed by atoms with E-state index >= 15 is 0 Å². The van der Waals surface area contributed by atoms with E-state index in [1.807, 2.05) is 18.2 Å². The molecule has 0 saturated carbocycles. The van der Waals surface area contributed by atoms with Gasteiger partial charge in [-0.25, -0.2) is 9.97 Å². The van der Waals surface area contributed by atoms with Crippen LogP contribution in [-0.2, 0) is 0 Å². The van der Waals surface area contributed by atoms with Gasteiger partial charge in [0.2, 0.25) is 0 Å². The van der Waals surface area contributed by atoms with Crippen molar-refractivity contribution in [1.29, 1.82) is 0 Å². The predicted molar refractivity (Wildman–Crippen MR) is 70.9 cm³/mol. The van der Waals surface area contributed by atoms with E-state index in [1.54, 1.807) is 25.4 Å². The molecule has 1 N–H and O–H groups in total. The van der Waals surface area contributed by atoms with Crippen LogP contribution >= 0.6 is 27.7 Å². The van der Waals surface area contributed by atoms with Crippen LogP contribution in [0.1, 0.15) is 18.6 Å². The monoisotopic (exact) mass is 310 g/mol. The predicted octanol–water partition coefficient (Wildman–Crippen LogP) is 3.44. The molecule has 0 fully saturated rings. The molecule has 2 aromatic rings. The second kappa shape index (κ2) is 5.62. The van der Waals surface area contributed by atoms with Gasteiger partial charge in [-0.3, -0.25) is 0 Å². The Bertz CT molecular complexity index is 505. The molecule has 0 radical (unpaired) electrons. The van der Waals surface area contributed by atoms with Crippen LogP contribution < -0.4 is 0 Å². The van der Waals surface area contributed by atoms with Crippen molar-refractivity contribution in [3.8, 4) is 0 Å². The average Bonchev–Trinajstić information content (AvgIpc) is 2.30. The van der Waals surface area contributed by atoms with Gasteiger partial charge in [-0.1, -0.05) is 22.0 Å². The molecule has 1 unspecified atom stereocenters. The summed E-state index contributed by atoms with van der Waals surface area (Å²) in [5.41, 5.74) is 0.880. The van der Waals surface area contributed by atoms with Gasteiger partial charge in [-0.2, -0.15) is 0 Å². The molecule has 17 heavy (non-hydrogen) atoms. The third-order valence-corrected chi connectivity index (χ3v) is 3.63. The minimum atomic E-state index is -0.505. The van der Waals surface area contributed by atoms with Crippen LogP contribution in [0, 0.1) is 0 Å². The zero-order valence-corrected chi connectivity index (χ0v) is 11.6. The van der Waals surface area contributed by atoms with Crippen molar-refractivity contribution in [2.75, 3.05) is 0 Å². The summed E-state index contributed by atoms with van der Waals surface area (Å²) in [6.45, 7) is 1.75. The van der Waals surface area contributed by atoms with Gasteiger partial charge in [0.15, 0.2) is 5.16 Å². The molecule has 5 heteroatoms. The minimum Gasteiger partial charge on any atom is -0.389 e. The van der Waals surface area contributed by atoms with Gasteiger partial charge in [0.1, 0.15) is 0 Å². The number of rotatable bonds is 3. The lowest BCUT2D eigenvalue weighted by Crippen LogP contribution is -1.94. The number of aliphatic hydroxyl groups excluding tert-OH is 1. The summed E-state index contributed by atoms with van der Waals surface area (Å²) in [4.78, 5) is 9.28. The van der Waals surface area contributed by atoms with Crippen molar-refractivity contribution in [1.82, 2.24) is 9.97 Å². The third kappa shape index (κ3) is 3.28. The van der Waals surface area contributed by atoms with Crippen molar-refractivity contribution >= 4 is 27.7 Å². The molecule has 0 amide bonds. The number of hydrogen-bond donors (Lipinski definition) is 1. The Morgan fingerprint density at radius 3 is 2.65 bits per heavy atom. The fourth-order valence-corrected chi connectivity index (χ4v) is 2.86. The number of hydrogen-bond acceptors (Lipinski definition) is 4.